The zero-order chi connectivity index (χ0) is 24.1. The molecular formula is C29H38N2O2. The maximum absolute atomic E-state index is 12.4. The third-order valence-corrected chi connectivity index (χ3v) is 5.60. The van der Waals surface area contributed by atoms with E-state index >= 15 is 0 Å². The molecule has 0 radical (unpaired) electrons. The van der Waals surface area contributed by atoms with E-state index in [-0.39, 0.29) is 12.2 Å². The van der Waals surface area contributed by atoms with Gasteiger partial charge in [-0.25, -0.2) is 0 Å². The molecule has 0 aliphatic heterocycles. The molecule has 0 aliphatic carbocycles. The Kier molecular flexibility index (Phi) is 11.4. The van der Waals surface area contributed by atoms with Gasteiger partial charge in [-0.1, -0.05) is 62.1 Å². The highest BCUT2D eigenvalue weighted by molar-refractivity contribution is 5.95. The third-order valence-electron chi connectivity index (χ3n) is 5.60. The topological polar surface area (TPSA) is 78.3 Å². The first kappa shape index (κ1) is 26.3. The van der Waals surface area contributed by atoms with Crippen LogP contribution in [-0.2, 0) is 24.1 Å². The van der Waals surface area contributed by atoms with E-state index in [1.807, 2.05) is 36.4 Å². The summed E-state index contributed by atoms with van der Waals surface area (Å²) < 4.78 is 5.48. The number of ether oxygens (including phenoxy) is 1. The molecule has 0 aliphatic rings. The molecule has 0 saturated carbocycles. The van der Waals surface area contributed by atoms with Crippen molar-refractivity contribution in [2.45, 2.75) is 45.4 Å². The Morgan fingerprint density at radius 3 is 2.15 bits per heavy atom. The predicted octanol–water partition coefficient (Wildman–Crippen LogP) is 5.28. The molecule has 0 spiro atoms. The Bertz CT molecular complexity index is 910. The number of hydrogen-bond acceptors (Lipinski definition) is 4. The summed E-state index contributed by atoms with van der Waals surface area (Å²) >= 11 is 0. The van der Waals surface area contributed by atoms with Crippen molar-refractivity contribution in [1.29, 1.82) is 0 Å². The van der Waals surface area contributed by atoms with Crippen molar-refractivity contribution in [3.05, 3.63) is 88.5 Å². The highest BCUT2D eigenvalue weighted by Gasteiger charge is 2.05. The second-order valence-corrected chi connectivity index (χ2v) is 8.21. The van der Waals surface area contributed by atoms with Crippen molar-refractivity contribution in [3.8, 4) is 5.75 Å². The maximum atomic E-state index is 12.4. The van der Waals surface area contributed by atoms with Crippen LogP contribution in [0, 0.1) is 0 Å². The predicted molar refractivity (Wildman–Crippen MR) is 140 cm³/mol. The SMILES string of the molecule is C=C(/C=C/c1ccc(CCCN)c(CC)c1)CC(=O)/C=C/c1ccc(CCCN)c(OC)c1. The molecule has 0 aromatic heterocycles. The number of carbonyl (C=O) groups excluding carboxylic acids is 1. The average molecular weight is 447 g/mol. The average Bonchev–Trinajstić information content (AvgIpc) is 2.83. The van der Waals surface area contributed by atoms with Crippen molar-refractivity contribution < 1.29 is 9.53 Å². The molecule has 4 nitrogen and oxygen atoms in total. The van der Waals surface area contributed by atoms with Crippen LogP contribution < -0.4 is 16.2 Å². The van der Waals surface area contributed by atoms with Crippen molar-refractivity contribution in [2.75, 3.05) is 20.2 Å². The zero-order valence-corrected chi connectivity index (χ0v) is 20.1. The van der Waals surface area contributed by atoms with Crippen molar-refractivity contribution in [1.82, 2.24) is 0 Å². The maximum Gasteiger partial charge on any atom is 0.160 e. The first-order valence-electron chi connectivity index (χ1n) is 11.8. The number of aryl methyl sites for hydroxylation is 3. The number of nitrogens with two attached hydrogens (primary N) is 2. The summed E-state index contributed by atoms with van der Waals surface area (Å²) in [5.41, 5.74) is 17.9. The van der Waals surface area contributed by atoms with E-state index in [0.717, 1.165) is 60.1 Å². The van der Waals surface area contributed by atoms with E-state index in [1.54, 1.807) is 13.2 Å². The lowest BCUT2D eigenvalue weighted by Gasteiger charge is -2.09. The fourth-order valence-electron chi connectivity index (χ4n) is 3.72. The van der Waals surface area contributed by atoms with Crippen LogP contribution in [0.4, 0.5) is 0 Å². The van der Waals surface area contributed by atoms with Crippen molar-refractivity contribution >= 4 is 17.9 Å². The van der Waals surface area contributed by atoms with Gasteiger partial charge in [0.2, 0.25) is 0 Å². The largest absolute Gasteiger partial charge is 0.496 e. The Morgan fingerprint density at radius 2 is 1.52 bits per heavy atom. The molecule has 2 aromatic carbocycles. The van der Waals surface area contributed by atoms with E-state index in [1.165, 1.54) is 11.1 Å². The van der Waals surface area contributed by atoms with Gasteiger partial charge in [0.05, 0.1) is 7.11 Å². The second kappa shape index (κ2) is 14.2. The molecule has 4 N–H and O–H groups in total. The zero-order valence-electron chi connectivity index (χ0n) is 20.1. The monoisotopic (exact) mass is 446 g/mol. The highest BCUT2D eigenvalue weighted by atomic mass is 16.5. The summed E-state index contributed by atoms with van der Waals surface area (Å²) in [7, 11) is 1.66. The lowest BCUT2D eigenvalue weighted by molar-refractivity contribution is -0.113. The van der Waals surface area contributed by atoms with Crippen molar-refractivity contribution in [2.24, 2.45) is 11.5 Å². The lowest BCUT2D eigenvalue weighted by atomic mass is 9.97. The molecule has 0 fully saturated rings. The van der Waals surface area contributed by atoms with Crippen LogP contribution in [0.5, 0.6) is 5.75 Å². The van der Waals surface area contributed by atoms with Gasteiger partial charge < -0.3 is 16.2 Å². The summed E-state index contributed by atoms with van der Waals surface area (Å²) in [6.07, 6.45) is 12.5. The summed E-state index contributed by atoms with van der Waals surface area (Å²) in [5, 5.41) is 0. The minimum atomic E-state index is 0.0159. The molecule has 0 saturated heterocycles. The van der Waals surface area contributed by atoms with Gasteiger partial charge in [0, 0.05) is 6.42 Å². The molecule has 0 unspecified atom stereocenters. The van der Waals surface area contributed by atoms with Crippen LogP contribution in [0.15, 0.2) is 60.7 Å². The quantitative estimate of drug-likeness (QED) is 0.306. The van der Waals surface area contributed by atoms with E-state index in [2.05, 4.69) is 31.7 Å². The minimum absolute atomic E-state index is 0.0159. The van der Waals surface area contributed by atoms with Crippen LogP contribution in [-0.4, -0.2) is 26.0 Å². The summed E-state index contributed by atoms with van der Waals surface area (Å²) in [6, 6.07) is 12.5. The first-order valence-corrected chi connectivity index (χ1v) is 11.8. The second-order valence-electron chi connectivity index (χ2n) is 8.21. The summed E-state index contributed by atoms with van der Waals surface area (Å²) in [5.74, 6) is 0.841. The van der Waals surface area contributed by atoms with Gasteiger partial charge in [-0.05, 0) is 90.7 Å². The van der Waals surface area contributed by atoms with Gasteiger partial charge in [-0.2, -0.15) is 0 Å². The number of benzene rings is 2. The lowest BCUT2D eigenvalue weighted by Crippen LogP contribution is -2.02. The molecule has 0 amide bonds. The van der Waals surface area contributed by atoms with Gasteiger partial charge in [-0.3, -0.25) is 4.79 Å². The van der Waals surface area contributed by atoms with E-state index in [4.69, 9.17) is 16.2 Å². The van der Waals surface area contributed by atoms with E-state index in [9.17, 15) is 4.79 Å². The first-order chi connectivity index (χ1) is 16.0. The third kappa shape index (κ3) is 8.83. The van der Waals surface area contributed by atoms with Gasteiger partial charge in [-0.15, -0.1) is 0 Å². The van der Waals surface area contributed by atoms with Crippen LogP contribution in [0.3, 0.4) is 0 Å². The minimum Gasteiger partial charge on any atom is -0.496 e. The molecule has 0 bridgehead atoms. The Hall–Kier alpha value is -2.95. The molecule has 0 heterocycles. The van der Waals surface area contributed by atoms with Crippen LogP contribution in [0.2, 0.25) is 0 Å². The number of carbonyl (C=O) groups is 1. The Labute approximate surface area is 199 Å². The Balaban J connectivity index is 1.95. The fourth-order valence-corrected chi connectivity index (χ4v) is 3.72. The molecule has 176 valence electrons. The fraction of sp³-hybridized carbons (Fsp3) is 0.345. The number of methoxy groups -OCH3 is 1. The van der Waals surface area contributed by atoms with Crippen LogP contribution >= 0.6 is 0 Å². The molecule has 2 aromatic rings. The smallest absolute Gasteiger partial charge is 0.160 e. The molecule has 0 atom stereocenters. The number of ketones is 1. The standard InChI is InChI=1S/C29H38N2O2/c1-4-25-20-23(11-14-26(25)7-5-17-30)10-9-22(2)19-28(32)16-13-24-12-15-27(8-6-18-31)29(21-24)33-3/h9-16,20-21H,2,4-8,17-19,30-31H2,1,3H3/b10-9+,16-13+. The van der Waals surface area contributed by atoms with Crippen LogP contribution in [0.1, 0.15) is 54.0 Å². The molecule has 33 heavy (non-hydrogen) atoms. The van der Waals surface area contributed by atoms with Gasteiger partial charge in [0.15, 0.2) is 5.78 Å². The Morgan fingerprint density at radius 1 is 0.909 bits per heavy atom. The molecule has 4 heteroatoms. The van der Waals surface area contributed by atoms with Gasteiger partial charge >= 0.3 is 0 Å². The van der Waals surface area contributed by atoms with E-state index in [0.29, 0.717) is 13.1 Å². The molecule has 2 rings (SSSR count). The van der Waals surface area contributed by atoms with Crippen LogP contribution in [0.25, 0.3) is 12.2 Å². The van der Waals surface area contributed by atoms with E-state index < -0.39 is 0 Å². The normalized spacial score (nSPS) is 11.4. The van der Waals surface area contributed by atoms with Crippen molar-refractivity contribution in [3.63, 3.8) is 0 Å². The number of hydrogen-bond donors (Lipinski definition) is 2. The summed E-state index contributed by atoms with van der Waals surface area (Å²) in [6.45, 7) is 7.58. The number of allylic oxidation sites excluding steroid dienone is 3. The highest BCUT2D eigenvalue weighted by Crippen LogP contribution is 2.22. The number of rotatable bonds is 14. The molecular weight excluding hydrogens is 408 g/mol. The summed E-state index contributed by atoms with van der Waals surface area (Å²) in [4.78, 5) is 12.4. The van der Waals surface area contributed by atoms with Gasteiger partial charge in [0.25, 0.3) is 0 Å². The van der Waals surface area contributed by atoms with Gasteiger partial charge in [0.1, 0.15) is 5.75 Å².